The molecule has 1 rings (SSSR count). The van der Waals surface area contributed by atoms with Crippen molar-refractivity contribution in [3.05, 3.63) is 48.1 Å². The first kappa shape index (κ1) is 59.3. The molecule has 0 saturated heterocycles. The Morgan fingerprint density at radius 2 is 1.08 bits per heavy atom. The summed E-state index contributed by atoms with van der Waals surface area (Å²) in [7, 11) is 0. The standard InChI is InChI=1S/C46H79NO6S2.C7H10/c1-4-6-8-10-12-14-16-18-20-22-24-26-28-30-32-34-43(48)51-38-42(39-52-44(49)36-37-46(3,40-47)55-41-54)53-45(50)35-33-31-29-27-25-23-21-19-17-15-13-11-9-7-5-2;1-7-5-3-2-4-6-7/h18-21,41-42H,4-17,22-39H2,1-3H3;3,5-6H,2,4H2,1H3/b20-18-,21-19-;. The quantitative estimate of drug-likeness (QED) is 0.0195. The summed E-state index contributed by atoms with van der Waals surface area (Å²) in [5.41, 5.74) is 1.41. The number of rotatable bonds is 40. The van der Waals surface area contributed by atoms with Crippen molar-refractivity contribution in [2.75, 3.05) is 13.2 Å². The van der Waals surface area contributed by atoms with Crippen LogP contribution in [0.1, 0.15) is 233 Å². The number of thioether (sulfide) groups is 1. The highest BCUT2D eigenvalue weighted by atomic mass is 32.2. The lowest BCUT2D eigenvalue weighted by Gasteiger charge is -2.20. The summed E-state index contributed by atoms with van der Waals surface area (Å²) >= 11 is 6.06. The van der Waals surface area contributed by atoms with Gasteiger partial charge in [-0.2, -0.15) is 5.26 Å². The lowest BCUT2D eigenvalue weighted by atomic mass is 10.1. The SMILES string of the molecule is CC1=CCCC=C1.CCCCCCCC/C=C\CCCCCCCC(=O)OCC(COC(=O)CCC(C)(C#N)SC=S)OC(=O)CCCCCCC/C=C\CCCCCCCC. The minimum Gasteiger partial charge on any atom is -0.462 e. The summed E-state index contributed by atoms with van der Waals surface area (Å²) in [5, 5.41) is 9.46. The highest BCUT2D eigenvalue weighted by molar-refractivity contribution is 8.21. The number of ether oxygens (including phenoxy) is 3. The highest BCUT2D eigenvalue weighted by Crippen LogP contribution is 2.28. The molecule has 0 bridgehead atoms. The molecule has 0 aliphatic heterocycles. The predicted molar refractivity (Wildman–Crippen MR) is 267 cm³/mol. The summed E-state index contributed by atoms with van der Waals surface area (Å²) in [6.45, 7) is 7.99. The van der Waals surface area contributed by atoms with E-state index in [1.807, 2.05) is 0 Å². The molecule has 0 aromatic heterocycles. The Morgan fingerprint density at radius 3 is 1.47 bits per heavy atom. The van der Waals surface area contributed by atoms with Crippen LogP contribution >= 0.6 is 24.0 Å². The smallest absolute Gasteiger partial charge is 0.306 e. The molecular weight excluding hydrogens is 811 g/mol. The van der Waals surface area contributed by atoms with Gasteiger partial charge in [-0.1, -0.05) is 177 Å². The molecule has 0 heterocycles. The molecule has 2 unspecified atom stereocenters. The second-order valence-electron chi connectivity index (χ2n) is 17.1. The predicted octanol–water partition coefficient (Wildman–Crippen LogP) is 16.1. The van der Waals surface area contributed by atoms with Crippen LogP contribution in [0.15, 0.2) is 48.1 Å². The van der Waals surface area contributed by atoms with E-state index in [4.69, 9.17) is 26.4 Å². The van der Waals surface area contributed by atoms with Gasteiger partial charge in [0, 0.05) is 24.0 Å². The second-order valence-corrected chi connectivity index (χ2v) is 19.0. The van der Waals surface area contributed by atoms with Crippen LogP contribution in [0.5, 0.6) is 0 Å². The number of thiocarbonyl (C=S) groups is 1. The van der Waals surface area contributed by atoms with Gasteiger partial charge in [0.1, 0.15) is 18.0 Å². The molecular formula is C53H89NO6S2. The molecule has 0 aromatic carbocycles. The first-order valence-corrected chi connectivity index (χ1v) is 26.2. The van der Waals surface area contributed by atoms with Crippen LogP contribution < -0.4 is 0 Å². The van der Waals surface area contributed by atoms with Crippen LogP contribution in [-0.4, -0.2) is 46.7 Å². The van der Waals surface area contributed by atoms with Gasteiger partial charge in [-0.05, 0) is 97.3 Å². The van der Waals surface area contributed by atoms with Crippen LogP contribution in [-0.2, 0) is 28.6 Å². The van der Waals surface area contributed by atoms with Crippen LogP contribution in [0.3, 0.4) is 0 Å². The van der Waals surface area contributed by atoms with Gasteiger partial charge in [0.15, 0.2) is 6.10 Å². The highest BCUT2D eigenvalue weighted by Gasteiger charge is 2.26. The Morgan fingerprint density at radius 1 is 0.661 bits per heavy atom. The molecule has 1 aliphatic rings. The molecule has 354 valence electrons. The molecule has 0 amide bonds. The van der Waals surface area contributed by atoms with Gasteiger partial charge in [0.05, 0.1) is 6.07 Å². The monoisotopic (exact) mass is 900 g/mol. The summed E-state index contributed by atoms with van der Waals surface area (Å²) in [6.07, 6.45) is 49.1. The van der Waals surface area contributed by atoms with Gasteiger partial charge in [-0.3, -0.25) is 14.4 Å². The first-order chi connectivity index (χ1) is 30.2. The fourth-order valence-electron chi connectivity index (χ4n) is 6.89. The Kier molecular flexibility index (Phi) is 42.9. The zero-order chi connectivity index (χ0) is 45.6. The normalized spacial score (nSPS) is 13.8. The van der Waals surface area contributed by atoms with Crippen molar-refractivity contribution in [2.45, 2.75) is 244 Å². The number of hydrogen-bond donors (Lipinski definition) is 0. The van der Waals surface area contributed by atoms with E-state index >= 15 is 0 Å². The molecule has 0 aromatic rings. The van der Waals surface area contributed by atoms with E-state index in [9.17, 15) is 19.6 Å². The van der Waals surface area contributed by atoms with Gasteiger partial charge in [0.2, 0.25) is 0 Å². The van der Waals surface area contributed by atoms with Crippen molar-refractivity contribution in [1.82, 2.24) is 0 Å². The zero-order valence-corrected chi connectivity index (χ0v) is 41.6. The fourth-order valence-corrected chi connectivity index (χ4v) is 8.01. The number of allylic oxidation sites excluding steroid dienone is 8. The van der Waals surface area contributed by atoms with Crippen LogP contribution in [0.2, 0.25) is 0 Å². The average molecular weight is 900 g/mol. The van der Waals surface area contributed by atoms with Crippen molar-refractivity contribution in [3.63, 3.8) is 0 Å². The minimum absolute atomic E-state index is 0.0189. The van der Waals surface area contributed by atoms with E-state index in [0.717, 1.165) is 70.6 Å². The minimum atomic E-state index is -0.879. The third-order valence-electron chi connectivity index (χ3n) is 11.0. The summed E-state index contributed by atoms with van der Waals surface area (Å²) in [5.74, 6) is -1.24. The number of carbonyl (C=O) groups is 3. The zero-order valence-electron chi connectivity index (χ0n) is 40.0. The van der Waals surface area contributed by atoms with Gasteiger partial charge in [-0.25, -0.2) is 0 Å². The van der Waals surface area contributed by atoms with E-state index in [0.29, 0.717) is 6.42 Å². The number of carbonyl (C=O) groups excluding carboxylic acids is 3. The maximum absolute atomic E-state index is 12.7. The number of esters is 3. The molecule has 62 heavy (non-hydrogen) atoms. The topological polar surface area (TPSA) is 103 Å². The Hall–Kier alpha value is -2.70. The van der Waals surface area contributed by atoms with Crippen LogP contribution in [0.25, 0.3) is 0 Å². The Labute approximate surface area is 390 Å². The Bertz CT molecular complexity index is 1290. The lowest BCUT2D eigenvalue weighted by Crippen LogP contribution is -2.31. The number of unbranched alkanes of at least 4 members (excludes halogenated alkanes) is 22. The van der Waals surface area contributed by atoms with Gasteiger partial charge in [-0.15, -0.1) is 11.8 Å². The number of hydrogen-bond acceptors (Lipinski definition) is 9. The Balaban J connectivity index is 0.00000478. The third kappa shape index (κ3) is 41.3. The van der Waals surface area contributed by atoms with Crippen molar-refractivity contribution in [3.8, 4) is 6.07 Å². The van der Waals surface area contributed by atoms with E-state index in [2.05, 4.69) is 69.4 Å². The van der Waals surface area contributed by atoms with Gasteiger partial charge in [0.25, 0.3) is 0 Å². The average Bonchev–Trinajstić information content (AvgIpc) is 3.27. The summed E-state index contributed by atoms with van der Waals surface area (Å²) < 4.78 is 17.1. The first-order valence-electron chi connectivity index (χ1n) is 24.9. The number of nitrogens with zero attached hydrogens (tertiary/aromatic N) is 1. The molecule has 9 heteroatoms. The second kappa shape index (κ2) is 44.9. The van der Waals surface area contributed by atoms with Gasteiger partial charge >= 0.3 is 17.9 Å². The van der Waals surface area contributed by atoms with E-state index in [1.165, 1.54) is 131 Å². The van der Waals surface area contributed by atoms with Crippen molar-refractivity contribution >= 4 is 46.6 Å². The van der Waals surface area contributed by atoms with E-state index in [-0.39, 0.29) is 44.4 Å². The molecule has 0 radical (unpaired) electrons. The van der Waals surface area contributed by atoms with Crippen molar-refractivity contribution < 1.29 is 28.6 Å². The molecule has 2 atom stereocenters. The lowest BCUT2D eigenvalue weighted by molar-refractivity contribution is -0.167. The largest absolute Gasteiger partial charge is 0.462 e. The fraction of sp³-hybridized carbons (Fsp3) is 0.755. The van der Waals surface area contributed by atoms with E-state index < -0.39 is 16.8 Å². The van der Waals surface area contributed by atoms with Crippen molar-refractivity contribution in [2.24, 2.45) is 0 Å². The van der Waals surface area contributed by atoms with Crippen LogP contribution in [0.4, 0.5) is 0 Å². The summed E-state index contributed by atoms with van der Waals surface area (Å²) in [4.78, 5) is 37.7. The molecule has 0 spiro atoms. The molecule has 0 N–H and O–H groups in total. The van der Waals surface area contributed by atoms with Gasteiger partial charge < -0.3 is 14.2 Å². The molecule has 0 fully saturated rings. The maximum Gasteiger partial charge on any atom is 0.306 e. The molecule has 1 aliphatic carbocycles. The maximum atomic E-state index is 12.7. The van der Waals surface area contributed by atoms with Crippen LogP contribution in [0, 0.1) is 11.3 Å². The van der Waals surface area contributed by atoms with Crippen molar-refractivity contribution in [1.29, 1.82) is 5.26 Å². The number of nitriles is 1. The third-order valence-corrected chi connectivity index (χ3v) is 12.2. The molecule has 7 nitrogen and oxygen atoms in total. The van der Waals surface area contributed by atoms with E-state index in [1.54, 1.807) is 6.92 Å². The summed E-state index contributed by atoms with van der Waals surface area (Å²) in [6, 6.07) is 2.19. The molecule has 0 saturated carbocycles.